The Morgan fingerprint density at radius 3 is 2.59 bits per heavy atom. The van der Waals surface area contributed by atoms with Crippen LogP contribution in [0.3, 0.4) is 0 Å². The Kier molecular flexibility index (Phi) is 3.67. The number of anilines is 1. The summed E-state index contributed by atoms with van der Waals surface area (Å²) in [4.78, 5) is 12.1. The molecule has 92 valence electrons. The van der Waals surface area contributed by atoms with Crippen LogP contribution in [0.2, 0.25) is 0 Å². The smallest absolute Gasteiger partial charge is 0.253 e. The van der Waals surface area contributed by atoms with Gasteiger partial charge in [-0.2, -0.15) is 0 Å². The average molecular weight is 232 g/mol. The maximum absolute atomic E-state index is 12.1. The van der Waals surface area contributed by atoms with E-state index in [-0.39, 0.29) is 5.91 Å². The number of benzene rings is 1. The van der Waals surface area contributed by atoms with E-state index in [2.05, 4.69) is 24.5 Å². The van der Waals surface area contributed by atoms with Crippen molar-refractivity contribution in [3.63, 3.8) is 0 Å². The molecular weight excluding hydrogens is 212 g/mol. The fourth-order valence-corrected chi connectivity index (χ4v) is 1.93. The fourth-order valence-electron chi connectivity index (χ4n) is 1.93. The quantitative estimate of drug-likeness (QED) is 0.838. The average Bonchev–Trinajstić information content (AvgIpc) is 2.23. The van der Waals surface area contributed by atoms with Crippen molar-refractivity contribution in [2.24, 2.45) is 0 Å². The van der Waals surface area contributed by atoms with Gasteiger partial charge in [-0.25, -0.2) is 0 Å². The summed E-state index contributed by atoms with van der Waals surface area (Å²) in [6.07, 6.45) is 3.47. The molecule has 1 aromatic carbocycles. The minimum absolute atomic E-state index is 0.0402. The first-order valence-electron chi connectivity index (χ1n) is 6.33. The van der Waals surface area contributed by atoms with E-state index in [1.54, 1.807) is 0 Å². The van der Waals surface area contributed by atoms with Crippen LogP contribution >= 0.6 is 0 Å². The molecule has 1 amide bonds. The van der Waals surface area contributed by atoms with Crippen molar-refractivity contribution in [2.75, 3.05) is 5.32 Å². The summed E-state index contributed by atoms with van der Waals surface area (Å²) in [6, 6.07) is 8.39. The van der Waals surface area contributed by atoms with E-state index in [4.69, 9.17) is 0 Å². The second-order valence-electron chi connectivity index (χ2n) is 4.95. The Hall–Kier alpha value is -1.51. The normalized spacial score (nSPS) is 15.5. The molecule has 2 N–H and O–H groups in total. The Bertz CT molecular complexity index is 397. The molecule has 0 unspecified atom stereocenters. The number of para-hydroxylation sites is 1. The van der Waals surface area contributed by atoms with Gasteiger partial charge in [0.15, 0.2) is 0 Å². The van der Waals surface area contributed by atoms with Crippen LogP contribution in [0.25, 0.3) is 0 Å². The molecule has 3 nitrogen and oxygen atoms in total. The lowest BCUT2D eigenvalue weighted by Gasteiger charge is -2.27. The topological polar surface area (TPSA) is 41.1 Å². The minimum Gasteiger partial charge on any atom is -0.382 e. The molecule has 1 aliphatic rings. The summed E-state index contributed by atoms with van der Waals surface area (Å²) in [5.74, 6) is 0.0402. The van der Waals surface area contributed by atoms with E-state index >= 15 is 0 Å². The summed E-state index contributed by atoms with van der Waals surface area (Å²) >= 11 is 0. The van der Waals surface area contributed by atoms with Crippen molar-refractivity contribution in [3.05, 3.63) is 29.8 Å². The van der Waals surface area contributed by atoms with Crippen molar-refractivity contribution in [1.29, 1.82) is 0 Å². The number of rotatable bonds is 4. The molecule has 1 saturated carbocycles. The number of hydrogen-bond acceptors (Lipinski definition) is 2. The number of hydrogen-bond donors (Lipinski definition) is 2. The standard InChI is InChI=1S/C14H20N2O/c1-10(2)15-13-9-4-3-8-12(13)14(17)16-11-6-5-7-11/h3-4,8-11,15H,5-7H2,1-2H3,(H,16,17). The molecule has 0 atom stereocenters. The third-order valence-corrected chi connectivity index (χ3v) is 3.06. The molecule has 3 heteroatoms. The van der Waals surface area contributed by atoms with E-state index in [0.29, 0.717) is 12.1 Å². The van der Waals surface area contributed by atoms with Gasteiger partial charge in [0, 0.05) is 17.8 Å². The van der Waals surface area contributed by atoms with Crippen LogP contribution < -0.4 is 10.6 Å². The van der Waals surface area contributed by atoms with Gasteiger partial charge in [0.2, 0.25) is 0 Å². The Morgan fingerprint density at radius 2 is 2.00 bits per heavy atom. The van der Waals surface area contributed by atoms with Gasteiger partial charge in [0.1, 0.15) is 0 Å². The highest BCUT2D eigenvalue weighted by Crippen LogP contribution is 2.21. The number of nitrogens with one attached hydrogen (secondary N) is 2. The number of carbonyl (C=O) groups is 1. The van der Waals surface area contributed by atoms with Crippen molar-refractivity contribution in [3.8, 4) is 0 Å². The monoisotopic (exact) mass is 232 g/mol. The number of carbonyl (C=O) groups excluding carboxylic acids is 1. The third kappa shape index (κ3) is 2.99. The molecule has 0 aromatic heterocycles. The van der Waals surface area contributed by atoms with Crippen LogP contribution in [0.5, 0.6) is 0 Å². The van der Waals surface area contributed by atoms with Gasteiger partial charge in [-0.15, -0.1) is 0 Å². The van der Waals surface area contributed by atoms with E-state index < -0.39 is 0 Å². The summed E-state index contributed by atoms with van der Waals surface area (Å²) < 4.78 is 0. The summed E-state index contributed by atoms with van der Waals surface area (Å²) in [6.45, 7) is 4.14. The van der Waals surface area contributed by atoms with Gasteiger partial charge in [0.05, 0.1) is 5.56 Å². The van der Waals surface area contributed by atoms with Crippen LogP contribution in [0.1, 0.15) is 43.5 Å². The van der Waals surface area contributed by atoms with E-state index in [0.717, 1.165) is 24.1 Å². The Balaban J connectivity index is 2.09. The zero-order chi connectivity index (χ0) is 12.3. The third-order valence-electron chi connectivity index (χ3n) is 3.06. The SMILES string of the molecule is CC(C)Nc1ccccc1C(=O)NC1CCC1. The first kappa shape index (κ1) is 12.0. The van der Waals surface area contributed by atoms with Crippen LogP contribution in [-0.4, -0.2) is 18.0 Å². The Labute approximate surface area is 103 Å². The van der Waals surface area contributed by atoms with Crippen LogP contribution in [-0.2, 0) is 0 Å². The molecule has 1 fully saturated rings. The molecule has 0 heterocycles. The second-order valence-corrected chi connectivity index (χ2v) is 4.95. The van der Waals surface area contributed by atoms with Crippen molar-refractivity contribution in [2.45, 2.75) is 45.2 Å². The molecule has 17 heavy (non-hydrogen) atoms. The highest BCUT2D eigenvalue weighted by Gasteiger charge is 2.21. The molecule has 0 aliphatic heterocycles. The van der Waals surface area contributed by atoms with Gasteiger partial charge in [-0.05, 0) is 45.2 Å². The Morgan fingerprint density at radius 1 is 1.29 bits per heavy atom. The highest BCUT2D eigenvalue weighted by molar-refractivity contribution is 5.99. The van der Waals surface area contributed by atoms with Gasteiger partial charge in [-0.1, -0.05) is 12.1 Å². The lowest BCUT2D eigenvalue weighted by molar-refractivity contribution is 0.0918. The molecule has 0 radical (unpaired) electrons. The summed E-state index contributed by atoms with van der Waals surface area (Å²) in [5, 5.41) is 6.37. The maximum atomic E-state index is 12.1. The van der Waals surface area contributed by atoms with Crippen LogP contribution in [0.15, 0.2) is 24.3 Å². The maximum Gasteiger partial charge on any atom is 0.253 e. The van der Waals surface area contributed by atoms with Crippen molar-refractivity contribution < 1.29 is 4.79 Å². The lowest BCUT2D eigenvalue weighted by Crippen LogP contribution is -2.39. The summed E-state index contributed by atoms with van der Waals surface area (Å²) in [5.41, 5.74) is 1.66. The molecule has 0 spiro atoms. The molecular formula is C14H20N2O. The first-order valence-corrected chi connectivity index (χ1v) is 6.33. The predicted molar refractivity (Wildman–Crippen MR) is 70.3 cm³/mol. The largest absolute Gasteiger partial charge is 0.382 e. The first-order chi connectivity index (χ1) is 8.16. The van der Waals surface area contributed by atoms with Gasteiger partial charge in [-0.3, -0.25) is 4.79 Å². The predicted octanol–water partition coefficient (Wildman–Crippen LogP) is 2.79. The van der Waals surface area contributed by atoms with Gasteiger partial charge < -0.3 is 10.6 Å². The van der Waals surface area contributed by atoms with Crippen LogP contribution in [0, 0.1) is 0 Å². The molecule has 2 rings (SSSR count). The number of amides is 1. The molecule has 1 aromatic rings. The lowest BCUT2D eigenvalue weighted by atomic mass is 9.93. The van der Waals surface area contributed by atoms with E-state index in [1.165, 1.54) is 6.42 Å². The summed E-state index contributed by atoms with van der Waals surface area (Å²) in [7, 11) is 0. The van der Waals surface area contributed by atoms with Crippen LogP contribution in [0.4, 0.5) is 5.69 Å². The van der Waals surface area contributed by atoms with Gasteiger partial charge in [0.25, 0.3) is 5.91 Å². The minimum atomic E-state index is 0.0402. The fraction of sp³-hybridized carbons (Fsp3) is 0.500. The molecule has 0 bridgehead atoms. The van der Waals surface area contributed by atoms with E-state index in [1.807, 2.05) is 24.3 Å². The van der Waals surface area contributed by atoms with Crippen molar-refractivity contribution >= 4 is 11.6 Å². The van der Waals surface area contributed by atoms with Gasteiger partial charge >= 0.3 is 0 Å². The second kappa shape index (κ2) is 5.21. The van der Waals surface area contributed by atoms with Crippen molar-refractivity contribution in [1.82, 2.24) is 5.32 Å². The molecule has 1 aliphatic carbocycles. The molecule has 0 saturated heterocycles. The van der Waals surface area contributed by atoms with E-state index in [9.17, 15) is 4.79 Å². The highest BCUT2D eigenvalue weighted by atomic mass is 16.1. The zero-order valence-corrected chi connectivity index (χ0v) is 10.5. The zero-order valence-electron chi connectivity index (χ0n) is 10.5.